The maximum absolute atomic E-state index is 12.6. The largest absolute Gasteiger partial charge is 0.497 e. The number of ether oxygens (including phenoxy) is 1. The number of amides is 1. The van der Waals surface area contributed by atoms with E-state index in [9.17, 15) is 20.0 Å². The summed E-state index contributed by atoms with van der Waals surface area (Å²) in [5.41, 5.74) is 3.69. The molecule has 1 heterocycles. The Labute approximate surface area is 196 Å². The van der Waals surface area contributed by atoms with Crippen molar-refractivity contribution in [2.45, 2.75) is 20.4 Å². The quantitative estimate of drug-likeness (QED) is 0.391. The van der Waals surface area contributed by atoms with E-state index in [-0.39, 0.29) is 22.7 Å². The van der Waals surface area contributed by atoms with Gasteiger partial charge in [-0.3, -0.25) is 4.79 Å². The van der Waals surface area contributed by atoms with Gasteiger partial charge in [0, 0.05) is 23.6 Å². The van der Waals surface area contributed by atoms with Gasteiger partial charge in [-0.1, -0.05) is 23.7 Å². The Bertz CT molecular complexity index is 1280. The van der Waals surface area contributed by atoms with Crippen LogP contribution >= 0.6 is 11.6 Å². The van der Waals surface area contributed by atoms with Gasteiger partial charge in [-0.2, -0.15) is 5.26 Å². The molecule has 3 rings (SSSR count). The second-order valence-corrected chi connectivity index (χ2v) is 7.74. The number of carbonyl (C=O) groups excluding carboxylic acids is 1. The summed E-state index contributed by atoms with van der Waals surface area (Å²) in [6, 6.07) is 15.8. The minimum Gasteiger partial charge on any atom is -0.497 e. The highest BCUT2D eigenvalue weighted by molar-refractivity contribution is 6.33. The summed E-state index contributed by atoms with van der Waals surface area (Å²) in [7, 11) is 1.58. The Morgan fingerprint density at radius 3 is 2.48 bits per heavy atom. The Morgan fingerprint density at radius 2 is 1.88 bits per heavy atom. The molecule has 0 unspecified atom stereocenters. The van der Waals surface area contributed by atoms with Crippen molar-refractivity contribution in [2.75, 3.05) is 7.11 Å². The lowest BCUT2D eigenvalue weighted by Gasteiger charge is -2.11. The van der Waals surface area contributed by atoms with Gasteiger partial charge in [-0.05, 0) is 67.4 Å². The fourth-order valence-corrected chi connectivity index (χ4v) is 3.67. The highest BCUT2D eigenvalue weighted by Gasteiger charge is 2.16. The van der Waals surface area contributed by atoms with Crippen LogP contribution in [0.15, 0.2) is 54.1 Å². The number of benzene rings is 2. The molecule has 0 saturated carbocycles. The molecule has 7 nitrogen and oxygen atoms in total. The molecule has 0 saturated heterocycles. The molecule has 168 valence electrons. The molecule has 3 aromatic rings. The zero-order chi connectivity index (χ0) is 24.1. The Kier molecular flexibility index (Phi) is 7.21. The minimum atomic E-state index is -1.12. The highest BCUT2D eigenvalue weighted by Crippen LogP contribution is 2.26. The molecule has 2 N–H and O–H groups in total. The van der Waals surface area contributed by atoms with E-state index in [1.165, 1.54) is 18.2 Å². The molecule has 1 amide bonds. The third kappa shape index (κ3) is 5.25. The highest BCUT2D eigenvalue weighted by atomic mass is 35.5. The number of nitrogens with one attached hydrogen (secondary N) is 1. The van der Waals surface area contributed by atoms with E-state index < -0.39 is 11.9 Å². The molecule has 0 spiro atoms. The van der Waals surface area contributed by atoms with Crippen LogP contribution in [-0.4, -0.2) is 28.7 Å². The van der Waals surface area contributed by atoms with Gasteiger partial charge in [0.2, 0.25) is 0 Å². The van der Waals surface area contributed by atoms with E-state index >= 15 is 0 Å². The maximum atomic E-state index is 12.6. The maximum Gasteiger partial charge on any atom is 0.337 e. The fourth-order valence-electron chi connectivity index (χ4n) is 3.47. The van der Waals surface area contributed by atoms with Gasteiger partial charge in [0.1, 0.15) is 17.4 Å². The molecule has 0 bridgehead atoms. The zero-order valence-corrected chi connectivity index (χ0v) is 19.1. The van der Waals surface area contributed by atoms with Crippen LogP contribution < -0.4 is 10.1 Å². The number of nitriles is 1. The van der Waals surface area contributed by atoms with Gasteiger partial charge < -0.3 is 19.7 Å². The van der Waals surface area contributed by atoms with Gasteiger partial charge in [0.25, 0.3) is 5.91 Å². The van der Waals surface area contributed by atoms with Crippen molar-refractivity contribution in [1.29, 1.82) is 5.26 Å². The predicted octanol–water partition coefficient (Wildman–Crippen LogP) is 4.68. The minimum absolute atomic E-state index is 0.00520. The van der Waals surface area contributed by atoms with Crippen molar-refractivity contribution in [3.63, 3.8) is 0 Å². The monoisotopic (exact) mass is 463 g/mol. The summed E-state index contributed by atoms with van der Waals surface area (Å²) in [5.74, 6) is -0.892. The molecule has 8 heteroatoms. The molecule has 0 aliphatic rings. The average Bonchev–Trinajstić information content (AvgIpc) is 3.09. The zero-order valence-electron chi connectivity index (χ0n) is 18.3. The topological polar surface area (TPSA) is 104 Å². The number of halogens is 1. The molecule has 0 atom stereocenters. The van der Waals surface area contributed by atoms with Crippen molar-refractivity contribution in [3.05, 3.63) is 87.2 Å². The summed E-state index contributed by atoms with van der Waals surface area (Å²) in [6.45, 7) is 3.96. The molecule has 1 aromatic heterocycles. The van der Waals surface area contributed by atoms with E-state index in [2.05, 4.69) is 5.32 Å². The van der Waals surface area contributed by atoms with Crippen LogP contribution in [0.1, 0.15) is 32.9 Å². The lowest BCUT2D eigenvalue weighted by Crippen LogP contribution is -2.23. The van der Waals surface area contributed by atoms with Crippen LogP contribution in [0.25, 0.3) is 11.8 Å². The lowest BCUT2D eigenvalue weighted by molar-refractivity contribution is -0.117. The summed E-state index contributed by atoms with van der Waals surface area (Å²) in [5, 5.41) is 21.8. The third-order valence-electron chi connectivity index (χ3n) is 5.19. The first-order valence-electron chi connectivity index (χ1n) is 10.00. The van der Waals surface area contributed by atoms with Crippen LogP contribution in [0.5, 0.6) is 5.75 Å². The van der Waals surface area contributed by atoms with Crippen molar-refractivity contribution < 1.29 is 19.4 Å². The normalized spacial score (nSPS) is 11.1. The number of carboxylic acid groups (broad SMARTS) is 1. The molecule has 0 radical (unpaired) electrons. The van der Waals surface area contributed by atoms with Gasteiger partial charge in [-0.25, -0.2) is 4.79 Å². The number of aromatic nitrogens is 1. The standard InChI is InChI=1S/C25H22ClN3O4/c1-15-10-18(16(2)29(15)20-6-9-23(26)22(12-20)25(31)32)11-19(13-27)24(30)28-14-17-4-7-21(33-3)8-5-17/h4-12H,14H2,1-3H3,(H,28,30)(H,31,32)/b19-11+. The average molecular weight is 464 g/mol. The van der Waals surface area contributed by atoms with Crippen LogP contribution in [-0.2, 0) is 11.3 Å². The summed E-state index contributed by atoms with van der Waals surface area (Å²) >= 11 is 5.99. The van der Waals surface area contributed by atoms with E-state index in [0.29, 0.717) is 17.0 Å². The number of hydrogen-bond donors (Lipinski definition) is 2. The Morgan fingerprint density at radius 1 is 1.18 bits per heavy atom. The summed E-state index contributed by atoms with van der Waals surface area (Å²) in [4.78, 5) is 24.0. The number of hydrogen-bond acceptors (Lipinski definition) is 4. The van der Waals surface area contributed by atoms with Gasteiger partial charge >= 0.3 is 5.97 Å². The van der Waals surface area contributed by atoms with Crippen LogP contribution in [0.2, 0.25) is 5.02 Å². The van der Waals surface area contributed by atoms with Gasteiger partial charge in [0.15, 0.2) is 0 Å². The van der Waals surface area contributed by atoms with Crippen LogP contribution in [0.4, 0.5) is 0 Å². The second-order valence-electron chi connectivity index (χ2n) is 7.33. The molecule has 0 aliphatic carbocycles. The SMILES string of the molecule is COc1ccc(CNC(=O)/C(C#N)=C/c2cc(C)n(-c3ccc(Cl)c(C(=O)O)c3)c2C)cc1. The first-order valence-corrected chi connectivity index (χ1v) is 10.4. The molecular formula is C25H22ClN3O4. The van der Waals surface area contributed by atoms with Crippen LogP contribution in [0, 0.1) is 25.2 Å². The molecule has 0 aliphatic heterocycles. The Hall–Kier alpha value is -4.02. The Balaban J connectivity index is 1.86. The van der Waals surface area contributed by atoms with Crippen molar-refractivity contribution in [3.8, 4) is 17.5 Å². The molecular weight excluding hydrogens is 442 g/mol. The number of rotatable bonds is 7. The van der Waals surface area contributed by atoms with Gasteiger partial charge in [0.05, 0.1) is 17.7 Å². The number of carbonyl (C=O) groups is 2. The van der Waals surface area contributed by atoms with Crippen molar-refractivity contribution >= 4 is 29.6 Å². The van der Waals surface area contributed by atoms with Crippen LogP contribution in [0.3, 0.4) is 0 Å². The molecule has 2 aromatic carbocycles. The molecule has 33 heavy (non-hydrogen) atoms. The fraction of sp³-hybridized carbons (Fsp3) is 0.160. The third-order valence-corrected chi connectivity index (χ3v) is 5.52. The smallest absolute Gasteiger partial charge is 0.337 e. The number of carboxylic acids is 1. The van der Waals surface area contributed by atoms with E-state index in [4.69, 9.17) is 16.3 Å². The number of aromatic carboxylic acids is 1. The number of nitrogens with zero attached hydrogens (tertiary/aromatic N) is 2. The molecule has 0 fully saturated rings. The van der Waals surface area contributed by atoms with Crippen molar-refractivity contribution in [2.24, 2.45) is 0 Å². The van der Waals surface area contributed by atoms with Gasteiger partial charge in [-0.15, -0.1) is 0 Å². The first-order chi connectivity index (χ1) is 15.7. The first kappa shape index (κ1) is 23.6. The predicted molar refractivity (Wildman–Crippen MR) is 126 cm³/mol. The number of aryl methyl sites for hydroxylation is 1. The van der Waals surface area contributed by atoms with E-state index in [1.807, 2.05) is 42.7 Å². The van der Waals surface area contributed by atoms with E-state index in [0.717, 1.165) is 17.0 Å². The summed E-state index contributed by atoms with van der Waals surface area (Å²) in [6.07, 6.45) is 1.52. The van der Waals surface area contributed by atoms with E-state index in [1.54, 1.807) is 25.3 Å². The summed E-state index contributed by atoms with van der Waals surface area (Å²) < 4.78 is 6.96. The number of methoxy groups -OCH3 is 1. The van der Waals surface area contributed by atoms with Crippen molar-refractivity contribution in [1.82, 2.24) is 9.88 Å². The lowest BCUT2D eigenvalue weighted by atomic mass is 10.1. The second kappa shape index (κ2) is 10.1.